The van der Waals surface area contributed by atoms with Gasteiger partial charge in [-0.1, -0.05) is 18.2 Å². The second kappa shape index (κ2) is 5.37. The highest BCUT2D eigenvalue weighted by atomic mass is 16.5. The molecule has 2 heterocycles. The average molecular weight is 272 g/mol. The van der Waals surface area contributed by atoms with Crippen LogP contribution < -0.4 is 0 Å². The third kappa shape index (κ3) is 2.24. The van der Waals surface area contributed by atoms with Crippen LogP contribution in [0.5, 0.6) is 0 Å². The van der Waals surface area contributed by atoms with Gasteiger partial charge in [-0.05, 0) is 26.3 Å². The van der Waals surface area contributed by atoms with Crippen molar-refractivity contribution in [2.24, 2.45) is 5.92 Å². The molecule has 1 aromatic heterocycles. The molecule has 0 spiro atoms. The summed E-state index contributed by atoms with van der Waals surface area (Å²) in [6.07, 6.45) is 1.29. The van der Waals surface area contributed by atoms with Crippen LogP contribution in [0.3, 0.4) is 0 Å². The van der Waals surface area contributed by atoms with Crippen molar-refractivity contribution in [3.63, 3.8) is 0 Å². The van der Waals surface area contributed by atoms with E-state index < -0.39 is 0 Å². The summed E-state index contributed by atoms with van der Waals surface area (Å²) in [5, 5.41) is 5.69. The lowest BCUT2D eigenvalue weighted by molar-refractivity contribution is -0.123. The molecule has 0 bridgehead atoms. The van der Waals surface area contributed by atoms with Gasteiger partial charge in [0, 0.05) is 24.5 Å². The van der Waals surface area contributed by atoms with Crippen molar-refractivity contribution in [3.05, 3.63) is 30.0 Å². The fourth-order valence-electron chi connectivity index (χ4n) is 3.02. The number of ketones is 1. The first kappa shape index (κ1) is 13.3. The number of ether oxygens (including phenoxy) is 1. The van der Waals surface area contributed by atoms with Crippen LogP contribution in [0.2, 0.25) is 0 Å². The van der Waals surface area contributed by atoms with Gasteiger partial charge in [-0.25, -0.2) is 0 Å². The summed E-state index contributed by atoms with van der Waals surface area (Å²) in [6.45, 7) is 5.57. The summed E-state index contributed by atoms with van der Waals surface area (Å²) in [6, 6.07) is 8.11. The molecule has 0 saturated carbocycles. The standard InChI is InChI=1S/C16H20N2O2/c1-3-18-15-7-5-4-6-13(15)14(17-18)10-16(19)12-8-9-20-11(12)2/h4-7,11-12H,3,8-10H2,1-2H3. The predicted octanol–water partition coefficient (Wildman–Crippen LogP) is 2.59. The zero-order valence-electron chi connectivity index (χ0n) is 12.0. The van der Waals surface area contributed by atoms with Crippen molar-refractivity contribution in [1.82, 2.24) is 9.78 Å². The Hall–Kier alpha value is -1.68. The maximum atomic E-state index is 12.4. The molecule has 0 amide bonds. The van der Waals surface area contributed by atoms with Gasteiger partial charge in [0.2, 0.25) is 0 Å². The average Bonchev–Trinajstić information content (AvgIpc) is 3.03. The fourth-order valence-corrected chi connectivity index (χ4v) is 3.02. The molecule has 1 aliphatic heterocycles. The van der Waals surface area contributed by atoms with Gasteiger partial charge in [0.25, 0.3) is 0 Å². The number of nitrogens with zero attached hydrogens (tertiary/aromatic N) is 2. The highest BCUT2D eigenvalue weighted by Crippen LogP contribution is 2.25. The maximum Gasteiger partial charge on any atom is 0.144 e. The molecule has 0 radical (unpaired) electrons. The second-order valence-corrected chi connectivity index (χ2v) is 5.39. The molecule has 2 atom stereocenters. The molecule has 20 heavy (non-hydrogen) atoms. The lowest BCUT2D eigenvalue weighted by atomic mass is 9.94. The van der Waals surface area contributed by atoms with Crippen molar-refractivity contribution in [3.8, 4) is 0 Å². The Morgan fingerprint density at radius 3 is 2.95 bits per heavy atom. The highest BCUT2D eigenvalue weighted by molar-refractivity contribution is 5.90. The van der Waals surface area contributed by atoms with E-state index in [1.165, 1.54) is 0 Å². The smallest absolute Gasteiger partial charge is 0.144 e. The second-order valence-electron chi connectivity index (χ2n) is 5.39. The topological polar surface area (TPSA) is 44.1 Å². The molecule has 106 valence electrons. The first-order chi connectivity index (χ1) is 9.70. The first-order valence-corrected chi connectivity index (χ1v) is 7.29. The third-order valence-corrected chi connectivity index (χ3v) is 4.17. The van der Waals surface area contributed by atoms with E-state index in [2.05, 4.69) is 18.1 Å². The minimum atomic E-state index is 0.0283. The molecule has 1 aromatic carbocycles. The molecule has 1 fully saturated rings. The summed E-state index contributed by atoms with van der Waals surface area (Å²) in [4.78, 5) is 12.4. The zero-order valence-corrected chi connectivity index (χ0v) is 12.0. The van der Waals surface area contributed by atoms with Crippen LogP contribution in [0.25, 0.3) is 10.9 Å². The number of rotatable bonds is 4. The Kier molecular flexibility index (Phi) is 3.57. The van der Waals surface area contributed by atoms with E-state index in [1.807, 2.05) is 29.8 Å². The van der Waals surface area contributed by atoms with E-state index in [-0.39, 0.29) is 17.8 Å². The Labute approximate surface area is 118 Å². The van der Waals surface area contributed by atoms with E-state index in [0.717, 1.165) is 29.6 Å². The molecule has 1 aliphatic rings. The Morgan fingerprint density at radius 1 is 1.45 bits per heavy atom. The number of aryl methyl sites for hydroxylation is 1. The molecular formula is C16H20N2O2. The number of carbonyl (C=O) groups is 1. The van der Waals surface area contributed by atoms with Gasteiger partial charge >= 0.3 is 0 Å². The number of fused-ring (bicyclic) bond motifs is 1. The predicted molar refractivity (Wildman–Crippen MR) is 77.6 cm³/mol. The Balaban J connectivity index is 1.89. The number of hydrogen-bond acceptors (Lipinski definition) is 3. The van der Waals surface area contributed by atoms with Crippen molar-refractivity contribution in [2.75, 3.05) is 6.61 Å². The number of carbonyl (C=O) groups excluding carboxylic acids is 1. The zero-order chi connectivity index (χ0) is 14.1. The molecule has 0 N–H and O–H groups in total. The van der Waals surface area contributed by atoms with Crippen molar-refractivity contribution >= 4 is 16.7 Å². The fraction of sp³-hybridized carbons (Fsp3) is 0.500. The van der Waals surface area contributed by atoms with Crippen LogP contribution >= 0.6 is 0 Å². The summed E-state index contributed by atoms with van der Waals surface area (Å²) < 4.78 is 7.46. The minimum Gasteiger partial charge on any atom is -0.378 e. The van der Waals surface area contributed by atoms with Crippen LogP contribution in [-0.2, 0) is 22.5 Å². The van der Waals surface area contributed by atoms with Crippen molar-refractivity contribution < 1.29 is 9.53 Å². The SMILES string of the molecule is CCn1nc(CC(=O)C2CCOC2C)c2ccccc21. The molecule has 3 rings (SSSR count). The van der Waals surface area contributed by atoms with Gasteiger partial charge in [-0.15, -0.1) is 0 Å². The van der Waals surface area contributed by atoms with Gasteiger partial charge in [-0.2, -0.15) is 5.10 Å². The van der Waals surface area contributed by atoms with E-state index in [0.29, 0.717) is 13.0 Å². The van der Waals surface area contributed by atoms with E-state index in [1.54, 1.807) is 0 Å². The van der Waals surface area contributed by atoms with Crippen LogP contribution in [0.1, 0.15) is 26.0 Å². The molecular weight excluding hydrogens is 252 g/mol. The number of aromatic nitrogens is 2. The highest BCUT2D eigenvalue weighted by Gasteiger charge is 2.31. The quantitative estimate of drug-likeness (QED) is 0.859. The van der Waals surface area contributed by atoms with Crippen LogP contribution in [0.4, 0.5) is 0 Å². The van der Waals surface area contributed by atoms with Crippen molar-refractivity contribution in [1.29, 1.82) is 0 Å². The minimum absolute atomic E-state index is 0.0283. The summed E-state index contributed by atoms with van der Waals surface area (Å²) in [5.41, 5.74) is 2.00. The Morgan fingerprint density at radius 2 is 2.25 bits per heavy atom. The maximum absolute atomic E-state index is 12.4. The van der Waals surface area contributed by atoms with E-state index in [4.69, 9.17) is 4.74 Å². The van der Waals surface area contributed by atoms with Crippen LogP contribution in [0.15, 0.2) is 24.3 Å². The van der Waals surface area contributed by atoms with E-state index >= 15 is 0 Å². The third-order valence-electron chi connectivity index (χ3n) is 4.17. The van der Waals surface area contributed by atoms with Gasteiger partial charge in [-0.3, -0.25) is 9.48 Å². The number of benzene rings is 1. The van der Waals surface area contributed by atoms with Crippen molar-refractivity contribution in [2.45, 2.75) is 39.3 Å². The molecule has 4 heteroatoms. The monoisotopic (exact) mass is 272 g/mol. The number of hydrogen-bond donors (Lipinski definition) is 0. The molecule has 4 nitrogen and oxygen atoms in total. The number of Topliss-reactive ketones (excluding diaryl/α,β-unsaturated/α-hetero) is 1. The van der Waals surface area contributed by atoms with Gasteiger partial charge in [0.15, 0.2) is 0 Å². The van der Waals surface area contributed by atoms with Crippen LogP contribution in [-0.4, -0.2) is 28.3 Å². The number of para-hydroxylation sites is 1. The van der Waals surface area contributed by atoms with Gasteiger partial charge in [0.1, 0.15) is 5.78 Å². The molecule has 1 saturated heterocycles. The van der Waals surface area contributed by atoms with E-state index in [9.17, 15) is 4.79 Å². The summed E-state index contributed by atoms with van der Waals surface area (Å²) >= 11 is 0. The van der Waals surface area contributed by atoms with Gasteiger partial charge < -0.3 is 4.74 Å². The first-order valence-electron chi connectivity index (χ1n) is 7.29. The summed E-state index contributed by atoms with van der Waals surface area (Å²) in [5.74, 6) is 0.280. The molecule has 0 aliphatic carbocycles. The van der Waals surface area contributed by atoms with Crippen LogP contribution in [0, 0.1) is 5.92 Å². The lowest BCUT2D eigenvalue weighted by Gasteiger charge is -2.11. The molecule has 2 aromatic rings. The molecule has 2 unspecified atom stereocenters. The summed E-state index contributed by atoms with van der Waals surface area (Å²) in [7, 11) is 0. The Bertz CT molecular complexity index is 632. The normalized spacial score (nSPS) is 22.5. The lowest BCUT2D eigenvalue weighted by Crippen LogP contribution is -2.23. The van der Waals surface area contributed by atoms with Gasteiger partial charge in [0.05, 0.1) is 23.7 Å². The largest absolute Gasteiger partial charge is 0.378 e.